The van der Waals surface area contributed by atoms with Crippen LogP contribution < -0.4 is 0 Å². The van der Waals surface area contributed by atoms with Crippen molar-refractivity contribution in [2.75, 3.05) is 0 Å². The summed E-state index contributed by atoms with van der Waals surface area (Å²) in [7, 11) is 0. The van der Waals surface area contributed by atoms with E-state index in [1.54, 1.807) is 17.5 Å². The van der Waals surface area contributed by atoms with Crippen molar-refractivity contribution in [3.05, 3.63) is 16.5 Å². The normalized spacial score (nSPS) is 10.7. The second kappa shape index (κ2) is 2.39. The summed E-state index contributed by atoms with van der Waals surface area (Å²) in [5.74, 6) is 0. The van der Waals surface area contributed by atoms with Gasteiger partial charge in [-0.05, 0) is 18.5 Å². The zero-order valence-electron chi connectivity index (χ0n) is 5.71. The van der Waals surface area contributed by atoms with E-state index in [2.05, 4.69) is 15.0 Å². The number of hydrogen-bond donors (Lipinski definition) is 0. The molecule has 2 heterocycles. The maximum atomic E-state index is 5.57. The van der Waals surface area contributed by atoms with Crippen molar-refractivity contribution in [2.24, 2.45) is 0 Å². The highest BCUT2D eigenvalue weighted by molar-refractivity contribution is 7.18. The number of nitrogens with zero attached hydrogens (tertiary/aromatic N) is 3. The third-order valence-electron chi connectivity index (χ3n) is 1.23. The van der Waals surface area contributed by atoms with E-state index in [1.807, 2.05) is 6.92 Å². The number of fused-ring (bicyclic) bond motifs is 1. The quantitative estimate of drug-likeness (QED) is 0.590. The first-order chi connectivity index (χ1) is 5.25. The highest BCUT2D eigenvalue weighted by atomic mass is 35.5. The molecule has 0 spiro atoms. The molecule has 0 aliphatic heterocycles. The van der Waals surface area contributed by atoms with E-state index in [0.717, 1.165) is 9.71 Å². The van der Waals surface area contributed by atoms with Gasteiger partial charge in [0.25, 0.3) is 0 Å². The van der Waals surface area contributed by atoms with Crippen molar-refractivity contribution < 1.29 is 0 Å². The average molecular weight is 186 g/mol. The van der Waals surface area contributed by atoms with Gasteiger partial charge in [0, 0.05) is 0 Å². The molecule has 2 aromatic heterocycles. The van der Waals surface area contributed by atoms with E-state index in [0.29, 0.717) is 5.65 Å². The Balaban J connectivity index is 2.82. The van der Waals surface area contributed by atoms with Gasteiger partial charge in [0.2, 0.25) is 5.28 Å². The average Bonchev–Trinajstić information content (AvgIpc) is 2.27. The molecule has 0 radical (unpaired) electrons. The molecule has 56 valence electrons. The Morgan fingerprint density at radius 2 is 2.27 bits per heavy atom. The molecule has 0 atom stereocenters. The Labute approximate surface area is 72.1 Å². The van der Waals surface area contributed by atoms with Crippen molar-refractivity contribution in [1.29, 1.82) is 0 Å². The maximum absolute atomic E-state index is 5.57. The van der Waals surface area contributed by atoms with Crippen molar-refractivity contribution in [2.45, 2.75) is 6.92 Å². The SMILES string of the molecule is Cc1nc2nc(Cl)ncc2s1. The van der Waals surface area contributed by atoms with Gasteiger partial charge in [0.15, 0.2) is 5.65 Å². The molecule has 0 aromatic carbocycles. The summed E-state index contributed by atoms with van der Waals surface area (Å²) in [6, 6.07) is 0. The Kier molecular flexibility index (Phi) is 1.51. The Hall–Kier alpha value is -0.740. The largest absolute Gasteiger partial charge is 0.225 e. The van der Waals surface area contributed by atoms with Crippen LogP contribution in [0.15, 0.2) is 6.20 Å². The first kappa shape index (κ1) is 6.94. The third-order valence-corrected chi connectivity index (χ3v) is 2.30. The summed E-state index contributed by atoms with van der Waals surface area (Å²) in [5, 5.41) is 1.24. The fourth-order valence-electron chi connectivity index (χ4n) is 0.824. The van der Waals surface area contributed by atoms with Crippen LogP contribution in [0.2, 0.25) is 5.28 Å². The molecule has 0 amide bonds. The van der Waals surface area contributed by atoms with Crippen LogP contribution in [0.3, 0.4) is 0 Å². The van der Waals surface area contributed by atoms with Gasteiger partial charge in [-0.2, -0.15) is 4.98 Å². The second-order valence-electron chi connectivity index (χ2n) is 2.06. The minimum Gasteiger partial charge on any atom is -0.225 e. The van der Waals surface area contributed by atoms with Crippen LogP contribution in [0.1, 0.15) is 5.01 Å². The van der Waals surface area contributed by atoms with Crippen molar-refractivity contribution in [1.82, 2.24) is 15.0 Å². The molecule has 0 saturated heterocycles. The standard InChI is InChI=1S/C6H4ClN3S/c1-3-9-5-4(11-3)2-8-6(7)10-5/h2H,1H3. The van der Waals surface area contributed by atoms with E-state index in [1.165, 1.54) is 0 Å². The van der Waals surface area contributed by atoms with Gasteiger partial charge in [-0.3, -0.25) is 0 Å². The van der Waals surface area contributed by atoms with Gasteiger partial charge < -0.3 is 0 Å². The maximum Gasteiger partial charge on any atom is 0.224 e. The Morgan fingerprint density at radius 1 is 1.45 bits per heavy atom. The summed E-state index contributed by atoms with van der Waals surface area (Å²) < 4.78 is 0.979. The van der Waals surface area contributed by atoms with Gasteiger partial charge >= 0.3 is 0 Å². The highest BCUT2D eigenvalue weighted by Crippen LogP contribution is 2.19. The summed E-state index contributed by atoms with van der Waals surface area (Å²) in [5.41, 5.74) is 0.688. The van der Waals surface area contributed by atoms with Crippen LogP contribution >= 0.6 is 22.9 Å². The van der Waals surface area contributed by atoms with E-state index in [-0.39, 0.29) is 5.28 Å². The summed E-state index contributed by atoms with van der Waals surface area (Å²) in [6.45, 7) is 1.93. The van der Waals surface area contributed by atoms with Crippen LogP contribution in [0, 0.1) is 6.92 Å². The monoisotopic (exact) mass is 185 g/mol. The minimum atomic E-state index is 0.253. The van der Waals surface area contributed by atoms with Gasteiger partial charge in [-0.25, -0.2) is 9.97 Å². The molecule has 2 rings (SSSR count). The van der Waals surface area contributed by atoms with E-state index < -0.39 is 0 Å². The number of hydrogen-bond acceptors (Lipinski definition) is 4. The Morgan fingerprint density at radius 3 is 3.09 bits per heavy atom. The van der Waals surface area contributed by atoms with E-state index >= 15 is 0 Å². The van der Waals surface area contributed by atoms with Crippen LogP contribution in [-0.4, -0.2) is 15.0 Å². The van der Waals surface area contributed by atoms with Crippen LogP contribution in [-0.2, 0) is 0 Å². The lowest BCUT2D eigenvalue weighted by atomic mass is 10.6. The number of aryl methyl sites for hydroxylation is 1. The fraction of sp³-hybridized carbons (Fsp3) is 0.167. The van der Waals surface area contributed by atoms with Gasteiger partial charge in [0.05, 0.1) is 15.9 Å². The van der Waals surface area contributed by atoms with Gasteiger partial charge in [-0.15, -0.1) is 11.3 Å². The molecule has 0 unspecified atom stereocenters. The van der Waals surface area contributed by atoms with Crippen molar-refractivity contribution >= 4 is 33.3 Å². The topological polar surface area (TPSA) is 38.7 Å². The highest BCUT2D eigenvalue weighted by Gasteiger charge is 2.01. The molecular weight excluding hydrogens is 182 g/mol. The number of thiazole rings is 1. The zero-order chi connectivity index (χ0) is 7.84. The Bertz CT molecular complexity index is 398. The first-order valence-corrected chi connectivity index (χ1v) is 4.21. The van der Waals surface area contributed by atoms with Gasteiger partial charge in [-0.1, -0.05) is 0 Å². The molecule has 0 saturated carbocycles. The molecule has 0 bridgehead atoms. The van der Waals surface area contributed by atoms with Crippen LogP contribution in [0.5, 0.6) is 0 Å². The summed E-state index contributed by atoms with van der Waals surface area (Å²) in [6.07, 6.45) is 1.69. The van der Waals surface area contributed by atoms with Crippen LogP contribution in [0.25, 0.3) is 10.3 Å². The molecule has 2 aromatic rings. The molecule has 0 fully saturated rings. The summed E-state index contributed by atoms with van der Waals surface area (Å²) in [4.78, 5) is 12.0. The van der Waals surface area contributed by atoms with Crippen LogP contribution in [0.4, 0.5) is 0 Å². The minimum absolute atomic E-state index is 0.253. The smallest absolute Gasteiger partial charge is 0.224 e. The molecule has 5 heteroatoms. The zero-order valence-corrected chi connectivity index (χ0v) is 7.28. The number of rotatable bonds is 0. The predicted molar refractivity (Wildman–Crippen MR) is 45.0 cm³/mol. The molecule has 11 heavy (non-hydrogen) atoms. The third kappa shape index (κ3) is 1.19. The second-order valence-corrected chi connectivity index (χ2v) is 3.63. The lowest BCUT2D eigenvalue weighted by molar-refractivity contribution is 1.19. The first-order valence-electron chi connectivity index (χ1n) is 3.01. The number of halogens is 1. The summed E-state index contributed by atoms with van der Waals surface area (Å²) >= 11 is 7.14. The van der Waals surface area contributed by atoms with Crippen molar-refractivity contribution in [3.8, 4) is 0 Å². The molecule has 0 aliphatic rings. The number of aromatic nitrogens is 3. The van der Waals surface area contributed by atoms with Gasteiger partial charge in [0.1, 0.15) is 0 Å². The lowest BCUT2D eigenvalue weighted by Crippen LogP contribution is -1.80. The van der Waals surface area contributed by atoms with E-state index in [4.69, 9.17) is 11.6 Å². The fourth-order valence-corrected chi connectivity index (χ4v) is 1.69. The molecular formula is C6H4ClN3S. The van der Waals surface area contributed by atoms with Crippen molar-refractivity contribution in [3.63, 3.8) is 0 Å². The molecule has 0 aliphatic carbocycles. The lowest BCUT2D eigenvalue weighted by Gasteiger charge is -1.85. The van der Waals surface area contributed by atoms with E-state index in [9.17, 15) is 0 Å². The molecule has 0 N–H and O–H groups in total. The predicted octanol–water partition coefficient (Wildman–Crippen LogP) is 2.05. The molecule has 3 nitrogen and oxygen atoms in total.